The maximum atomic E-state index is 12.7. The lowest BCUT2D eigenvalue weighted by Gasteiger charge is -2.14. The van der Waals surface area contributed by atoms with E-state index >= 15 is 0 Å². The lowest BCUT2D eigenvalue weighted by Crippen LogP contribution is -2.14. The van der Waals surface area contributed by atoms with Gasteiger partial charge in [0.05, 0.1) is 28.0 Å². The van der Waals surface area contributed by atoms with Crippen molar-refractivity contribution in [3.8, 4) is 22.8 Å². The van der Waals surface area contributed by atoms with Crippen molar-refractivity contribution in [3.63, 3.8) is 0 Å². The zero-order valence-corrected chi connectivity index (χ0v) is 19.8. The molecule has 0 aliphatic carbocycles. The van der Waals surface area contributed by atoms with Crippen molar-refractivity contribution in [2.45, 2.75) is 19.0 Å². The summed E-state index contributed by atoms with van der Waals surface area (Å²) in [7, 11) is 0. The number of carbonyl (C=O) groups is 1. The quantitative estimate of drug-likeness (QED) is 0.267. The Morgan fingerprint density at radius 1 is 1.03 bits per heavy atom. The zero-order chi connectivity index (χ0) is 24.5. The summed E-state index contributed by atoms with van der Waals surface area (Å²) >= 11 is 1.24. The van der Waals surface area contributed by atoms with Gasteiger partial charge in [-0.3, -0.25) is 9.36 Å². The fraction of sp³-hybridized carbons (Fsp3) is 0.120. The van der Waals surface area contributed by atoms with E-state index in [1.165, 1.54) is 11.8 Å². The normalized spacial score (nSPS) is 11.1. The van der Waals surface area contributed by atoms with E-state index in [0.717, 1.165) is 16.8 Å². The fourth-order valence-electron chi connectivity index (χ4n) is 3.91. The number of amides is 1. The molecule has 0 atom stereocenters. The van der Waals surface area contributed by atoms with Crippen LogP contribution in [-0.4, -0.2) is 41.5 Å². The minimum atomic E-state index is -0.301. The molecule has 10 heteroatoms. The number of H-pyrrole nitrogens is 2. The number of benzene rings is 3. The van der Waals surface area contributed by atoms with Gasteiger partial charge in [-0.25, -0.2) is 4.79 Å². The molecule has 35 heavy (non-hydrogen) atoms. The summed E-state index contributed by atoms with van der Waals surface area (Å²) < 4.78 is 1.86. The van der Waals surface area contributed by atoms with Gasteiger partial charge in [0.15, 0.2) is 11.0 Å². The largest absolute Gasteiger partial charge is 0.507 e. The molecule has 5 aromatic rings. The molecule has 0 saturated carbocycles. The van der Waals surface area contributed by atoms with Gasteiger partial charge < -0.3 is 20.4 Å². The van der Waals surface area contributed by atoms with Crippen LogP contribution in [-0.2, 0) is 4.79 Å². The van der Waals surface area contributed by atoms with Gasteiger partial charge in [-0.05, 0) is 55.8 Å². The predicted octanol–water partition coefficient (Wildman–Crippen LogP) is 4.16. The number of hydrogen-bond donors (Lipinski definition) is 4. The highest BCUT2D eigenvalue weighted by Crippen LogP contribution is 2.33. The standard InChI is InChI=1S/C25H22N6O3S/c1-14-7-10-20(15(2)11-14)31-23(17-5-3-4-6-21(17)32)29-30-25(31)35-13-22(33)26-16-8-9-18-19(12-16)28-24(34)27-18/h3-12,32H,13H2,1-2H3,(H,26,33)(H2,27,28,34). The first kappa shape index (κ1) is 22.5. The van der Waals surface area contributed by atoms with Gasteiger partial charge in [0.2, 0.25) is 5.91 Å². The first-order valence-electron chi connectivity index (χ1n) is 10.8. The van der Waals surface area contributed by atoms with Crippen LogP contribution in [0.2, 0.25) is 0 Å². The highest BCUT2D eigenvalue weighted by molar-refractivity contribution is 7.99. The van der Waals surface area contributed by atoms with Gasteiger partial charge in [-0.15, -0.1) is 10.2 Å². The number of aromatic amines is 2. The van der Waals surface area contributed by atoms with Crippen LogP contribution in [0.5, 0.6) is 5.75 Å². The number of carbonyl (C=O) groups excluding carboxylic acids is 1. The minimum absolute atomic E-state index is 0.0888. The summed E-state index contributed by atoms with van der Waals surface area (Å²) in [5.74, 6) is 0.440. The molecule has 0 bridgehead atoms. The number of phenolic OH excluding ortho intramolecular Hbond substituents is 1. The number of anilines is 1. The molecular weight excluding hydrogens is 464 g/mol. The Bertz CT molecular complexity index is 1620. The minimum Gasteiger partial charge on any atom is -0.507 e. The van der Waals surface area contributed by atoms with Gasteiger partial charge in [-0.1, -0.05) is 41.6 Å². The number of aromatic nitrogens is 5. The van der Waals surface area contributed by atoms with Gasteiger partial charge in [0.1, 0.15) is 5.75 Å². The highest BCUT2D eigenvalue weighted by atomic mass is 32.2. The van der Waals surface area contributed by atoms with Crippen LogP contribution in [0, 0.1) is 13.8 Å². The van der Waals surface area contributed by atoms with E-state index in [1.54, 1.807) is 36.4 Å². The number of thioether (sulfide) groups is 1. The van der Waals surface area contributed by atoms with E-state index in [4.69, 9.17) is 0 Å². The molecule has 0 saturated heterocycles. The molecule has 0 aliphatic rings. The zero-order valence-electron chi connectivity index (χ0n) is 19.0. The fourth-order valence-corrected chi connectivity index (χ4v) is 4.66. The number of rotatable bonds is 6. The third-order valence-corrected chi connectivity index (χ3v) is 6.43. The predicted molar refractivity (Wildman–Crippen MR) is 136 cm³/mol. The Labute approximate surface area is 204 Å². The number of hydrogen-bond acceptors (Lipinski definition) is 6. The summed E-state index contributed by atoms with van der Waals surface area (Å²) in [5.41, 5.74) is 5.10. The number of phenols is 1. The van der Waals surface area contributed by atoms with Crippen molar-refractivity contribution >= 4 is 34.4 Å². The average molecular weight is 487 g/mol. The van der Waals surface area contributed by atoms with Crippen LogP contribution in [0.4, 0.5) is 5.69 Å². The van der Waals surface area contributed by atoms with Crippen LogP contribution in [0.3, 0.4) is 0 Å². The smallest absolute Gasteiger partial charge is 0.323 e. The van der Waals surface area contributed by atoms with E-state index in [-0.39, 0.29) is 23.1 Å². The molecule has 4 N–H and O–H groups in total. The van der Waals surface area contributed by atoms with E-state index in [0.29, 0.717) is 33.3 Å². The molecule has 1 amide bonds. The van der Waals surface area contributed by atoms with Crippen LogP contribution in [0.25, 0.3) is 28.1 Å². The summed E-state index contributed by atoms with van der Waals surface area (Å²) in [6.45, 7) is 4.02. The Morgan fingerprint density at radius 3 is 2.63 bits per heavy atom. The maximum Gasteiger partial charge on any atom is 0.323 e. The molecule has 0 unspecified atom stereocenters. The Kier molecular flexibility index (Phi) is 5.87. The second-order valence-corrected chi connectivity index (χ2v) is 9.07. The lowest BCUT2D eigenvalue weighted by atomic mass is 10.1. The van der Waals surface area contributed by atoms with Crippen LogP contribution < -0.4 is 11.0 Å². The molecule has 2 heterocycles. The molecule has 0 fully saturated rings. The van der Waals surface area contributed by atoms with E-state index in [1.807, 2.05) is 36.6 Å². The van der Waals surface area contributed by atoms with E-state index < -0.39 is 0 Å². The number of nitrogens with zero attached hydrogens (tertiary/aromatic N) is 3. The molecular formula is C25H22N6O3S. The topological polar surface area (TPSA) is 129 Å². The molecule has 176 valence electrons. The van der Waals surface area contributed by atoms with Gasteiger partial charge in [-0.2, -0.15) is 0 Å². The van der Waals surface area contributed by atoms with Crippen molar-refractivity contribution < 1.29 is 9.90 Å². The summed E-state index contributed by atoms with van der Waals surface area (Å²) in [6, 6.07) is 18.1. The van der Waals surface area contributed by atoms with Crippen molar-refractivity contribution in [1.82, 2.24) is 24.7 Å². The maximum absolute atomic E-state index is 12.7. The summed E-state index contributed by atoms with van der Waals surface area (Å²) in [5, 5.41) is 22.5. The van der Waals surface area contributed by atoms with Crippen LogP contribution in [0.1, 0.15) is 11.1 Å². The second-order valence-electron chi connectivity index (χ2n) is 8.13. The summed E-state index contributed by atoms with van der Waals surface area (Å²) in [6.07, 6.45) is 0. The third kappa shape index (κ3) is 4.56. The molecule has 0 aliphatic heterocycles. The van der Waals surface area contributed by atoms with Crippen molar-refractivity contribution in [2.75, 3.05) is 11.1 Å². The lowest BCUT2D eigenvalue weighted by molar-refractivity contribution is -0.113. The highest BCUT2D eigenvalue weighted by Gasteiger charge is 2.20. The van der Waals surface area contributed by atoms with E-state index in [2.05, 4.69) is 31.5 Å². The number of para-hydroxylation sites is 1. The van der Waals surface area contributed by atoms with Crippen molar-refractivity contribution in [2.24, 2.45) is 0 Å². The monoisotopic (exact) mass is 486 g/mol. The van der Waals surface area contributed by atoms with Gasteiger partial charge >= 0.3 is 5.69 Å². The molecule has 0 spiro atoms. The van der Waals surface area contributed by atoms with Crippen molar-refractivity contribution in [3.05, 3.63) is 82.3 Å². The van der Waals surface area contributed by atoms with Crippen LogP contribution in [0.15, 0.2) is 70.6 Å². The average Bonchev–Trinajstić information content (AvgIpc) is 3.40. The number of aromatic hydroxyl groups is 1. The second kappa shape index (κ2) is 9.15. The Morgan fingerprint density at radius 2 is 1.83 bits per heavy atom. The first-order chi connectivity index (χ1) is 16.9. The molecule has 9 nitrogen and oxygen atoms in total. The number of fused-ring (bicyclic) bond motifs is 1. The molecule has 2 aromatic heterocycles. The molecule has 3 aromatic carbocycles. The Balaban J connectivity index is 1.43. The number of imidazole rings is 1. The van der Waals surface area contributed by atoms with Gasteiger partial charge in [0, 0.05) is 5.69 Å². The SMILES string of the molecule is Cc1ccc(-n2c(SCC(=O)Nc3ccc4[nH]c(=O)[nH]c4c3)nnc2-c2ccccc2O)c(C)c1. The summed E-state index contributed by atoms with van der Waals surface area (Å²) in [4.78, 5) is 29.5. The molecule has 0 radical (unpaired) electrons. The van der Waals surface area contributed by atoms with E-state index in [9.17, 15) is 14.7 Å². The van der Waals surface area contributed by atoms with Gasteiger partial charge in [0.25, 0.3) is 0 Å². The van der Waals surface area contributed by atoms with Crippen molar-refractivity contribution in [1.29, 1.82) is 0 Å². The number of aryl methyl sites for hydroxylation is 2. The molecule has 5 rings (SSSR count). The third-order valence-electron chi connectivity index (χ3n) is 5.50. The first-order valence-corrected chi connectivity index (χ1v) is 11.8. The van der Waals surface area contributed by atoms with Crippen LogP contribution >= 0.6 is 11.8 Å². The Hall–Kier alpha value is -4.31. The number of nitrogens with one attached hydrogen (secondary N) is 3.